The van der Waals surface area contributed by atoms with Gasteiger partial charge < -0.3 is 4.74 Å². The van der Waals surface area contributed by atoms with Gasteiger partial charge in [-0.1, -0.05) is 6.07 Å². The molecule has 5 heteroatoms. The number of thiazole rings is 1. The number of hydrogen-bond donors (Lipinski definition) is 0. The molecule has 0 amide bonds. The highest BCUT2D eigenvalue weighted by Crippen LogP contribution is 2.31. The minimum Gasteiger partial charge on any atom is -0.481 e. The van der Waals surface area contributed by atoms with Gasteiger partial charge in [-0.25, -0.2) is 9.97 Å². The molecule has 0 saturated carbocycles. The fraction of sp³-hybridized carbons (Fsp3) is 0.188. The molecule has 3 aromatic rings. The lowest BCUT2D eigenvalue weighted by molar-refractivity contribution is -0.116. The van der Waals surface area contributed by atoms with Crippen molar-refractivity contribution in [3.63, 3.8) is 0 Å². The van der Waals surface area contributed by atoms with E-state index in [1.54, 1.807) is 31.6 Å². The van der Waals surface area contributed by atoms with E-state index in [1.165, 1.54) is 0 Å². The molecule has 106 valence electrons. The van der Waals surface area contributed by atoms with Crippen molar-refractivity contribution in [2.45, 2.75) is 13.3 Å². The van der Waals surface area contributed by atoms with E-state index in [0.29, 0.717) is 12.3 Å². The van der Waals surface area contributed by atoms with Gasteiger partial charge in [0, 0.05) is 24.2 Å². The minimum absolute atomic E-state index is 0.165. The Balaban J connectivity index is 1.97. The van der Waals surface area contributed by atoms with Gasteiger partial charge in [0.25, 0.3) is 0 Å². The zero-order valence-electron chi connectivity index (χ0n) is 11.8. The molecular formula is C16H14N2O2S. The van der Waals surface area contributed by atoms with Crippen molar-refractivity contribution < 1.29 is 9.53 Å². The second-order valence-corrected chi connectivity index (χ2v) is 5.82. The molecule has 4 nitrogen and oxygen atoms in total. The standard InChI is InChI=1S/C16H14N2O2S/c1-10(19)7-11-3-5-13-14(8-11)21-16(18-13)12-4-6-15(20-2)17-9-12/h3-6,8-9H,7H2,1-2H3. The van der Waals surface area contributed by atoms with E-state index in [-0.39, 0.29) is 5.78 Å². The Morgan fingerprint density at radius 2 is 2.14 bits per heavy atom. The molecule has 0 unspecified atom stereocenters. The SMILES string of the molecule is COc1ccc(-c2nc3ccc(CC(C)=O)cc3s2)cn1. The fourth-order valence-electron chi connectivity index (χ4n) is 2.12. The van der Waals surface area contributed by atoms with E-state index in [0.717, 1.165) is 26.4 Å². The van der Waals surface area contributed by atoms with Crippen molar-refractivity contribution in [3.05, 3.63) is 42.1 Å². The molecule has 1 aromatic carbocycles. The summed E-state index contributed by atoms with van der Waals surface area (Å²) in [6.45, 7) is 1.60. The normalized spacial score (nSPS) is 10.8. The van der Waals surface area contributed by atoms with Crippen molar-refractivity contribution in [1.29, 1.82) is 0 Å². The van der Waals surface area contributed by atoms with Crippen LogP contribution in [-0.2, 0) is 11.2 Å². The van der Waals surface area contributed by atoms with Gasteiger partial charge in [0.1, 0.15) is 10.8 Å². The summed E-state index contributed by atoms with van der Waals surface area (Å²) in [4.78, 5) is 20.0. The van der Waals surface area contributed by atoms with E-state index < -0.39 is 0 Å². The number of fused-ring (bicyclic) bond motifs is 1. The topological polar surface area (TPSA) is 52.1 Å². The van der Waals surface area contributed by atoms with E-state index >= 15 is 0 Å². The van der Waals surface area contributed by atoms with Gasteiger partial charge in [0.2, 0.25) is 5.88 Å². The largest absolute Gasteiger partial charge is 0.481 e. The molecule has 21 heavy (non-hydrogen) atoms. The van der Waals surface area contributed by atoms with E-state index in [2.05, 4.69) is 9.97 Å². The molecule has 0 N–H and O–H groups in total. The molecule has 0 atom stereocenters. The third-order valence-electron chi connectivity index (χ3n) is 3.10. The second kappa shape index (κ2) is 5.61. The number of Topliss-reactive ketones (excluding diaryl/α,β-unsaturated/α-hetero) is 1. The molecule has 3 rings (SSSR count). The quantitative estimate of drug-likeness (QED) is 0.739. The summed E-state index contributed by atoms with van der Waals surface area (Å²) in [6, 6.07) is 9.72. The summed E-state index contributed by atoms with van der Waals surface area (Å²) in [5.41, 5.74) is 2.93. The highest BCUT2D eigenvalue weighted by atomic mass is 32.1. The van der Waals surface area contributed by atoms with E-state index in [1.807, 2.05) is 30.3 Å². The van der Waals surface area contributed by atoms with Crippen LogP contribution in [-0.4, -0.2) is 22.9 Å². The molecule has 0 bridgehead atoms. The molecule has 0 aliphatic heterocycles. The summed E-state index contributed by atoms with van der Waals surface area (Å²) < 4.78 is 6.14. The van der Waals surface area contributed by atoms with Crippen LogP contribution in [0.4, 0.5) is 0 Å². The van der Waals surface area contributed by atoms with Crippen LogP contribution in [0.3, 0.4) is 0 Å². The summed E-state index contributed by atoms with van der Waals surface area (Å²) in [7, 11) is 1.59. The monoisotopic (exact) mass is 298 g/mol. The third kappa shape index (κ3) is 2.92. The number of nitrogens with zero attached hydrogens (tertiary/aromatic N) is 2. The Bertz CT molecular complexity index is 794. The lowest BCUT2D eigenvalue weighted by atomic mass is 10.1. The first-order valence-corrected chi connectivity index (χ1v) is 7.36. The van der Waals surface area contributed by atoms with Crippen molar-refractivity contribution in [2.24, 2.45) is 0 Å². The molecule has 0 aliphatic rings. The molecule has 2 aromatic heterocycles. The molecule has 2 heterocycles. The zero-order valence-corrected chi connectivity index (χ0v) is 12.6. The van der Waals surface area contributed by atoms with E-state index in [4.69, 9.17) is 4.74 Å². The average Bonchev–Trinajstić information content (AvgIpc) is 2.90. The van der Waals surface area contributed by atoms with Crippen LogP contribution in [0.2, 0.25) is 0 Å². The number of carbonyl (C=O) groups excluding carboxylic acids is 1. The van der Waals surface area contributed by atoms with Gasteiger partial charge in [-0.15, -0.1) is 11.3 Å². The number of ether oxygens (including phenoxy) is 1. The number of benzene rings is 1. The van der Waals surface area contributed by atoms with Gasteiger partial charge >= 0.3 is 0 Å². The molecule has 0 radical (unpaired) electrons. The van der Waals surface area contributed by atoms with Gasteiger partial charge in [-0.2, -0.15) is 0 Å². The maximum absolute atomic E-state index is 11.2. The average molecular weight is 298 g/mol. The smallest absolute Gasteiger partial charge is 0.212 e. The number of pyridine rings is 1. The van der Waals surface area contributed by atoms with Crippen LogP contribution in [0, 0.1) is 0 Å². The number of carbonyl (C=O) groups is 1. The summed E-state index contributed by atoms with van der Waals surface area (Å²) >= 11 is 1.60. The highest BCUT2D eigenvalue weighted by molar-refractivity contribution is 7.21. The Morgan fingerprint density at radius 1 is 1.29 bits per heavy atom. The van der Waals surface area contributed by atoms with Crippen molar-refractivity contribution >= 4 is 27.3 Å². The first kappa shape index (κ1) is 13.7. The number of rotatable bonds is 4. The van der Waals surface area contributed by atoms with Gasteiger partial charge in [0.05, 0.1) is 17.3 Å². The molecule has 0 aliphatic carbocycles. The number of hydrogen-bond acceptors (Lipinski definition) is 5. The lowest BCUT2D eigenvalue weighted by Gasteiger charge is -1.98. The number of aromatic nitrogens is 2. The minimum atomic E-state index is 0.165. The third-order valence-corrected chi connectivity index (χ3v) is 4.17. The highest BCUT2D eigenvalue weighted by Gasteiger charge is 2.08. The Morgan fingerprint density at radius 3 is 2.81 bits per heavy atom. The molecular weight excluding hydrogens is 284 g/mol. The summed E-state index contributed by atoms with van der Waals surface area (Å²) in [5, 5.41) is 0.917. The Labute approximate surface area is 126 Å². The summed E-state index contributed by atoms with van der Waals surface area (Å²) in [5.74, 6) is 0.752. The van der Waals surface area contributed by atoms with Crippen LogP contribution in [0.15, 0.2) is 36.5 Å². The van der Waals surface area contributed by atoms with Crippen LogP contribution < -0.4 is 4.74 Å². The second-order valence-electron chi connectivity index (χ2n) is 4.79. The predicted molar refractivity (Wildman–Crippen MR) is 83.8 cm³/mol. The molecule has 0 saturated heterocycles. The number of ketones is 1. The van der Waals surface area contributed by atoms with Crippen molar-refractivity contribution in [1.82, 2.24) is 9.97 Å². The first-order valence-electron chi connectivity index (χ1n) is 6.55. The molecule has 0 spiro atoms. The van der Waals surface area contributed by atoms with Crippen molar-refractivity contribution in [3.8, 4) is 16.5 Å². The van der Waals surface area contributed by atoms with Gasteiger partial charge in [-0.05, 0) is 30.7 Å². The van der Waals surface area contributed by atoms with E-state index in [9.17, 15) is 4.79 Å². The maximum atomic E-state index is 11.2. The van der Waals surface area contributed by atoms with Crippen LogP contribution >= 0.6 is 11.3 Å². The maximum Gasteiger partial charge on any atom is 0.212 e. The first-order chi connectivity index (χ1) is 10.2. The van der Waals surface area contributed by atoms with Gasteiger partial charge in [-0.3, -0.25) is 4.79 Å². The lowest BCUT2D eigenvalue weighted by Crippen LogP contribution is -1.95. The molecule has 0 fully saturated rings. The van der Waals surface area contributed by atoms with Gasteiger partial charge in [0.15, 0.2) is 0 Å². The predicted octanol–water partition coefficient (Wildman–Crippen LogP) is 3.50. The fourth-order valence-corrected chi connectivity index (χ4v) is 3.14. The van der Waals surface area contributed by atoms with Crippen LogP contribution in [0.5, 0.6) is 5.88 Å². The Kier molecular flexibility index (Phi) is 3.66. The van der Waals surface area contributed by atoms with Crippen molar-refractivity contribution in [2.75, 3.05) is 7.11 Å². The number of methoxy groups -OCH3 is 1. The Hall–Kier alpha value is -2.27. The summed E-state index contributed by atoms with van der Waals surface area (Å²) in [6.07, 6.45) is 2.22. The zero-order chi connectivity index (χ0) is 14.8. The van der Waals surface area contributed by atoms with Crippen LogP contribution in [0.1, 0.15) is 12.5 Å². The van der Waals surface area contributed by atoms with Crippen LogP contribution in [0.25, 0.3) is 20.8 Å².